The number of benzene rings is 5. The number of ether oxygens (including phenoxy) is 2. The summed E-state index contributed by atoms with van der Waals surface area (Å²) >= 11 is 0. The van der Waals surface area contributed by atoms with Crippen LogP contribution in [0.2, 0.25) is 0 Å². The third-order valence-corrected chi connectivity index (χ3v) is 8.14. The van der Waals surface area contributed by atoms with E-state index in [1.54, 1.807) is 0 Å². The second-order valence-corrected chi connectivity index (χ2v) is 10.8. The standard InChI is InChI=1S/C36H25NO2/c1-36(2)28-9-5-4-8-26(28)27-20-34-35(21-29(27)36)38-32-18-16-25(19-33(32)39-34)22-11-13-24(14-12-22)31-17-15-23-7-3-6-10-30(23)37-31/h3-21H,1-2H3. The number of hydrogen-bond acceptors (Lipinski definition) is 3. The molecule has 0 spiro atoms. The van der Waals surface area contributed by atoms with Gasteiger partial charge in [-0.3, -0.25) is 0 Å². The average Bonchev–Trinajstić information content (AvgIpc) is 3.20. The van der Waals surface area contributed by atoms with Gasteiger partial charge >= 0.3 is 0 Å². The summed E-state index contributed by atoms with van der Waals surface area (Å²) in [6, 6.07) is 40.0. The number of fused-ring (bicyclic) bond motifs is 6. The number of para-hydroxylation sites is 1. The van der Waals surface area contributed by atoms with Crippen molar-refractivity contribution in [2.75, 3.05) is 0 Å². The van der Waals surface area contributed by atoms with E-state index in [2.05, 4.69) is 111 Å². The van der Waals surface area contributed by atoms with Gasteiger partial charge in [0, 0.05) is 16.4 Å². The lowest BCUT2D eigenvalue weighted by atomic mass is 9.82. The second-order valence-electron chi connectivity index (χ2n) is 10.8. The van der Waals surface area contributed by atoms with Crippen molar-refractivity contribution in [2.45, 2.75) is 19.3 Å². The Kier molecular flexibility index (Phi) is 4.57. The molecular weight excluding hydrogens is 478 g/mol. The fourth-order valence-corrected chi connectivity index (χ4v) is 6.02. The van der Waals surface area contributed by atoms with E-state index in [1.165, 1.54) is 22.3 Å². The first-order valence-electron chi connectivity index (χ1n) is 13.3. The van der Waals surface area contributed by atoms with Gasteiger partial charge in [-0.25, -0.2) is 4.98 Å². The van der Waals surface area contributed by atoms with Gasteiger partial charge in [0.05, 0.1) is 11.2 Å². The third kappa shape index (κ3) is 3.40. The van der Waals surface area contributed by atoms with E-state index in [0.717, 1.165) is 56.3 Å². The van der Waals surface area contributed by atoms with Crippen molar-refractivity contribution < 1.29 is 9.47 Å². The van der Waals surface area contributed by atoms with Crippen LogP contribution in [0, 0.1) is 0 Å². The molecule has 39 heavy (non-hydrogen) atoms. The van der Waals surface area contributed by atoms with E-state index in [4.69, 9.17) is 14.5 Å². The lowest BCUT2D eigenvalue weighted by Crippen LogP contribution is -2.15. The maximum atomic E-state index is 6.45. The van der Waals surface area contributed by atoms with Gasteiger partial charge in [-0.2, -0.15) is 0 Å². The lowest BCUT2D eigenvalue weighted by Gasteiger charge is -2.25. The summed E-state index contributed by atoms with van der Waals surface area (Å²) < 4.78 is 12.8. The highest BCUT2D eigenvalue weighted by Crippen LogP contribution is 2.55. The van der Waals surface area contributed by atoms with Crippen LogP contribution in [0.4, 0.5) is 0 Å². The molecule has 0 bridgehead atoms. The molecule has 0 saturated heterocycles. The highest BCUT2D eigenvalue weighted by atomic mass is 16.6. The van der Waals surface area contributed by atoms with Gasteiger partial charge in [0.2, 0.25) is 0 Å². The molecule has 0 saturated carbocycles. The summed E-state index contributed by atoms with van der Waals surface area (Å²) in [4.78, 5) is 4.84. The Morgan fingerprint density at radius 1 is 0.513 bits per heavy atom. The van der Waals surface area contributed by atoms with E-state index >= 15 is 0 Å². The molecule has 0 N–H and O–H groups in total. The van der Waals surface area contributed by atoms with Gasteiger partial charge in [0.25, 0.3) is 0 Å². The number of nitrogens with zero attached hydrogens (tertiary/aromatic N) is 1. The Morgan fingerprint density at radius 3 is 2.10 bits per heavy atom. The van der Waals surface area contributed by atoms with Crippen LogP contribution in [0.25, 0.3) is 44.4 Å². The average molecular weight is 504 g/mol. The van der Waals surface area contributed by atoms with Crippen molar-refractivity contribution in [3.63, 3.8) is 0 Å². The molecule has 3 heteroatoms. The summed E-state index contributed by atoms with van der Waals surface area (Å²) in [5, 5.41) is 1.15. The number of pyridine rings is 1. The first-order valence-corrected chi connectivity index (χ1v) is 13.3. The molecule has 0 fully saturated rings. The second kappa shape index (κ2) is 8.05. The SMILES string of the molecule is CC1(C)c2ccccc2-c2cc3c(cc21)Oc1ccc(-c2ccc(-c4ccc5ccccc5n4)cc2)cc1O3. The fraction of sp³-hybridized carbons (Fsp3) is 0.0833. The molecule has 1 aliphatic carbocycles. The Morgan fingerprint density at radius 2 is 1.21 bits per heavy atom. The molecule has 0 atom stereocenters. The Hall–Kier alpha value is -4.89. The molecule has 2 aliphatic rings. The molecule has 5 aromatic carbocycles. The molecule has 0 unspecified atom stereocenters. The number of aromatic nitrogens is 1. The summed E-state index contributed by atoms with van der Waals surface area (Å²) in [7, 11) is 0. The number of rotatable bonds is 2. The smallest absolute Gasteiger partial charge is 0.170 e. The largest absolute Gasteiger partial charge is 0.450 e. The fourth-order valence-electron chi connectivity index (χ4n) is 6.02. The van der Waals surface area contributed by atoms with Crippen molar-refractivity contribution >= 4 is 10.9 Å². The van der Waals surface area contributed by atoms with Crippen LogP contribution in [-0.2, 0) is 5.41 Å². The molecule has 6 aromatic rings. The van der Waals surface area contributed by atoms with Gasteiger partial charge in [-0.15, -0.1) is 0 Å². The normalized spacial score (nSPS) is 14.0. The van der Waals surface area contributed by atoms with Crippen LogP contribution in [0.5, 0.6) is 23.0 Å². The summed E-state index contributed by atoms with van der Waals surface area (Å²) in [5.74, 6) is 2.98. The van der Waals surface area contributed by atoms with Gasteiger partial charge in [-0.1, -0.05) is 92.7 Å². The van der Waals surface area contributed by atoms with Crippen LogP contribution in [0.3, 0.4) is 0 Å². The van der Waals surface area contributed by atoms with Crippen LogP contribution in [0.15, 0.2) is 115 Å². The molecule has 0 amide bonds. The van der Waals surface area contributed by atoms with Crippen molar-refractivity contribution in [1.82, 2.24) is 4.98 Å². The summed E-state index contributed by atoms with van der Waals surface area (Å²) in [6.07, 6.45) is 0. The van der Waals surface area contributed by atoms with Crippen LogP contribution >= 0.6 is 0 Å². The highest BCUT2D eigenvalue weighted by molar-refractivity contribution is 5.84. The van der Waals surface area contributed by atoms with E-state index < -0.39 is 0 Å². The van der Waals surface area contributed by atoms with Gasteiger partial charge in [0.1, 0.15) is 0 Å². The summed E-state index contributed by atoms with van der Waals surface area (Å²) in [5.41, 5.74) is 10.3. The molecule has 1 aliphatic heterocycles. The highest BCUT2D eigenvalue weighted by Gasteiger charge is 2.37. The van der Waals surface area contributed by atoms with Crippen LogP contribution in [-0.4, -0.2) is 4.98 Å². The first kappa shape index (κ1) is 22.1. The molecule has 0 radical (unpaired) electrons. The Balaban J connectivity index is 1.11. The number of hydrogen-bond donors (Lipinski definition) is 0. The van der Waals surface area contributed by atoms with Crippen molar-refractivity contribution in [3.05, 3.63) is 126 Å². The zero-order valence-corrected chi connectivity index (χ0v) is 21.7. The minimum absolute atomic E-state index is 0.0804. The maximum Gasteiger partial charge on any atom is 0.170 e. The third-order valence-electron chi connectivity index (χ3n) is 8.14. The Bertz CT molecular complexity index is 1940. The minimum Gasteiger partial charge on any atom is -0.450 e. The van der Waals surface area contributed by atoms with E-state index in [1.807, 2.05) is 18.2 Å². The van der Waals surface area contributed by atoms with Gasteiger partial charge in [-0.05, 0) is 69.8 Å². The quantitative estimate of drug-likeness (QED) is 0.235. The maximum absolute atomic E-state index is 6.45. The van der Waals surface area contributed by atoms with Gasteiger partial charge in [0.15, 0.2) is 23.0 Å². The molecule has 2 heterocycles. The van der Waals surface area contributed by atoms with Crippen molar-refractivity contribution in [2.24, 2.45) is 0 Å². The molecular formula is C36H25NO2. The predicted molar refractivity (Wildman–Crippen MR) is 157 cm³/mol. The van der Waals surface area contributed by atoms with Crippen molar-refractivity contribution in [3.8, 4) is 56.5 Å². The monoisotopic (exact) mass is 503 g/mol. The molecule has 8 rings (SSSR count). The van der Waals surface area contributed by atoms with E-state index in [-0.39, 0.29) is 5.41 Å². The molecule has 186 valence electrons. The Labute approximate surface area is 227 Å². The molecule has 1 aromatic heterocycles. The van der Waals surface area contributed by atoms with Crippen molar-refractivity contribution in [1.29, 1.82) is 0 Å². The topological polar surface area (TPSA) is 31.4 Å². The zero-order valence-electron chi connectivity index (χ0n) is 21.7. The van der Waals surface area contributed by atoms with Gasteiger partial charge < -0.3 is 9.47 Å². The van der Waals surface area contributed by atoms with Crippen LogP contribution in [0.1, 0.15) is 25.0 Å². The zero-order chi connectivity index (χ0) is 26.1. The minimum atomic E-state index is -0.0804. The molecule has 3 nitrogen and oxygen atoms in total. The summed E-state index contributed by atoms with van der Waals surface area (Å²) in [6.45, 7) is 4.55. The van der Waals surface area contributed by atoms with E-state index in [9.17, 15) is 0 Å². The predicted octanol–water partition coefficient (Wildman–Crippen LogP) is 9.77. The van der Waals surface area contributed by atoms with E-state index in [0.29, 0.717) is 0 Å². The van der Waals surface area contributed by atoms with Crippen LogP contribution < -0.4 is 9.47 Å². The lowest BCUT2D eigenvalue weighted by molar-refractivity contribution is 0.359. The first-order chi connectivity index (χ1) is 19.0.